The minimum atomic E-state index is -0.478. The van der Waals surface area contributed by atoms with E-state index in [0.717, 1.165) is 25.9 Å². The monoisotopic (exact) mass is 243 g/mol. The molecule has 17 heavy (non-hydrogen) atoms. The van der Waals surface area contributed by atoms with E-state index in [1.807, 2.05) is 4.90 Å². The Morgan fingerprint density at radius 3 is 2.47 bits per heavy atom. The highest BCUT2D eigenvalue weighted by Crippen LogP contribution is 2.19. The number of aliphatic hydroxyl groups is 1. The molecular formula is C11H21N3O3. The first kappa shape index (κ1) is 13.9. The summed E-state index contributed by atoms with van der Waals surface area (Å²) in [6, 6.07) is -0.478. The Balaban J connectivity index is 2.26. The second-order valence-corrected chi connectivity index (χ2v) is 4.48. The van der Waals surface area contributed by atoms with Crippen molar-refractivity contribution in [1.82, 2.24) is 15.5 Å². The van der Waals surface area contributed by atoms with E-state index in [0.29, 0.717) is 5.92 Å². The van der Waals surface area contributed by atoms with Gasteiger partial charge in [0.2, 0.25) is 5.91 Å². The van der Waals surface area contributed by atoms with E-state index < -0.39 is 6.03 Å². The summed E-state index contributed by atoms with van der Waals surface area (Å²) >= 11 is 0. The first-order chi connectivity index (χ1) is 8.02. The van der Waals surface area contributed by atoms with Crippen molar-refractivity contribution in [1.29, 1.82) is 0 Å². The van der Waals surface area contributed by atoms with Crippen molar-refractivity contribution in [2.75, 3.05) is 26.7 Å². The molecule has 1 heterocycles. The largest absolute Gasteiger partial charge is 0.393 e. The van der Waals surface area contributed by atoms with Crippen molar-refractivity contribution in [2.45, 2.75) is 25.9 Å². The van der Waals surface area contributed by atoms with E-state index in [2.05, 4.69) is 10.6 Å². The van der Waals surface area contributed by atoms with Crippen LogP contribution < -0.4 is 10.6 Å². The zero-order chi connectivity index (χ0) is 12.8. The number of piperidine rings is 1. The van der Waals surface area contributed by atoms with Gasteiger partial charge in [0.15, 0.2) is 0 Å². The lowest BCUT2D eigenvalue weighted by molar-refractivity contribution is -0.121. The Labute approximate surface area is 101 Å². The maximum atomic E-state index is 11.4. The van der Waals surface area contributed by atoms with Crippen molar-refractivity contribution in [3.05, 3.63) is 0 Å². The molecule has 0 aromatic rings. The number of amides is 3. The summed E-state index contributed by atoms with van der Waals surface area (Å²) in [7, 11) is 1.47. The van der Waals surface area contributed by atoms with Crippen LogP contribution in [0.25, 0.3) is 0 Å². The van der Waals surface area contributed by atoms with Crippen LogP contribution in [0.2, 0.25) is 0 Å². The zero-order valence-electron chi connectivity index (χ0n) is 10.4. The summed E-state index contributed by atoms with van der Waals surface area (Å²) in [5, 5.41) is 14.0. The van der Waals surface area contributed by atoms with Crippen LogP contribution in [0.15, 0.2) is 0 Å². The lowest BCUT2D eigenvalue weighted by Crippen LogP contribution is -2.46. The average Bonchev–Trinajstić information content (AvgIpc) is 2.29. The van der Waals surface area contributed by atoms with Gasteiger partial charge in [0.05, 0.1) is 12.6 Å². The molecule has 98 valence electrons. The number of likely N-dealkylation sites (tertiary alicyclic amines) is 1. The highest BCUT2D eigenvalue weighted by atomic mass is 16.3. The molecule has 0 bridgehead atoms. The molecule has 0 spiro atoms. The molecule has 1 aliphatic heterocycles. The Morgan fingerprint density at radius 2 is 2.00 bits per heavy atom. The van der Waals surface area contributed by atoms with Gasteiger partial charge in [-0.3, -0.25) is 15.0 Å². The molecule has 6 nitrogen and oxygen atoms in total. The van der Waals surface area contributed by atoms with Gasteiger partial charge in [-0.2, -0.15) is 0 Å². The van der Waals surface area contributed by atoms with Gasteiger partial charge in [0, 0.05) is 7.05 Å². The first-order valence-electron chi connectivity index (χ1n) is 5.95. The fourth-order valence-electron chi connectivity index (χ4n) is 2.03. The van der Waals surface area contributed by atoms with Gasteiger partial charge in [-0.1, -0.05) is 0 Å². The molecule has 0 radical (unpaired) electrons. The van der Waals surface area contributed by atoms with Crippen molar-refractivity contribution in [3.63, 3.8) is 0 Å². The number of urea groups is 1. The maximum absolute atomic E-state index is 11.4. The van der Waals surface area contributed by atoms with Gasteiger partial charge < -0.3 is 10.4 Å². The summed E-state index contributed by atoms with van der Waals surface area (Å²) in [5.74, 6) is 0.0353. The van der Waals surface area contributed by atoms with Crippen LogP contribution >= 0.6 is 0 Å². The number of imide groups is 1. The predicted molar refractivity (Wildman–Crippen MR) is 63.4 cm³/mol. The third-order valence-corrected chi connectivity index (χ3v) is 3.16. The molecule has 1 atom stereocenters. The smallest absolute Gasteiger partial charge is 0.321 e. The Bertz CT molecular complexity index is 273. The number of nitrogens with one attached hydrogen (secondary N) is 2. The van der Waals surface area contributed by atoms with Crippen LogP contribution in [0.3, 0.4) is 0 Å². The lowest BCUT2D eigenvalue weighted by atomic mass is 9.92. The van der Waals surface area contributed by atoms with E-state index >= 15 is 0 Å². The molecule has 1 unspecified atom stereocenters. The Kier molecular flexibility index (Phi) is 5.37. The number of rotatable bonds is 3. The molecule has 6 heteroatoms. The van der Waals surface area contributed by atoms with Gasteiger partial charge >= 0.3 is 6.03 Å². The second kappa shape index (κ2) is 6.56. The van der Waals surface area contributed by atoms with E-state index in [1.54, 1.807) is 6.92 Å². The quantitative estimate of drug-likeness (QED) is 0.626. The summed E-state index contributed by atoms with van der Waals surface area (Å²) in [4.78, 5) is 24.3. The summed E-state index contributed by atoms with van der Waals surface area (Å²) in [5.41, 5.74) is 0. The highest BCUT2D eigenvalue weighted by Gasteiger charge is 2.23. The van der Waals surface area contributed by atoms with Gasteiger partial charge in [0.1, 0.15) is 0 Å². The fraction of sp³-hybridized carbons (Fsp3) is 0.818. The normalized spacial score (nSPS) is 19.7. The average molecular weight is 243 g/mol. The van der Waals surface area contributed by atoms with E-state index in [-0.39, 0.29) is 18.6 Å². The minimum absolute atomic E-state index is 0.236. The first-order valence-corrected chi connectivity index (χ1v) is 5.95. The molecule has 1 rings (SSSR count). The molecule has 0 saturated carbocycles. The highest BCUT2D eigenvalue weighted by molar-refractivity contribution is 5.95. The maximum Gasteiger partial charge on any atom is 0.321 e. The van der Waals surface area contributed by atoms with Crippen LogP contribution in [-0.2, 0) is 4.79 Å². The SMILES string of the molecule is CNC(=O)NC(=O)CN1CCC(C(C)O)CC1. The molecule has 3 N–H and O–H groups in total. The van der Waals surface area contributed by atoms with Crippen LogP contribution in [0, 0.1) is 5.92 Å². The summed E-state index contributed by atoms with van der Waals surface area (Å²) in [6.45, 7) is 3.62. The molecule has 0 aromatic carbocycles. The topological polar surface area (TPSA) is 81.7 Å². The number of hydrogen-bond donors (Lipinski definition) is 3. The Hall–Kier alpha value is -1.14. The number of carbonyl (C=O) groups excluding carboxylic acids is 2. The van der Waals surface area contributed by atoms with Crippen LogP contribution in [0.1, 0.15) is 19.8 Å². The van der Waals surface area contributed by atoms with E-state index in [9.17, 15) is 14.7 Å². The van der Waals surface area contributed by atoms with Gasteiger partial charge in [-0.25, -0.2) is 4.79 Å². The number of nitrogens with zero attached hydrogens (tertiary/aromatic N) is 1. The third-order valence-electron chi connectivity index (χ3n) is 3.16. The van der Waals surface area contributed by atoms with E-state index in [1.165, 1.54) is 7.05 Å². The third kappa shape index (κ3) is 4.70. The summed E-state index contributed by atoms with van der Waals surface area (Å²) < 4.78 is 0. The number of hydrogen-bond acceptors (Lipinski definition) is 4. The zero-order valence-corrected chi connectivity index (χ0v) is 10.4. The standard InChI is InChI=1S/C11H21N3O3/c1-8(15)9-3-5-14(6-4-9)7-10(16)13-11(17)12-2/h8-9,15H,3-7H2,1-2H3,(H2,12,13,16,17). The summed E-state index contributed by atoms with van der Waals surface area (Å²) in [6.07, 6.45) is 1.51. The molecule has 0 aromatic heterocycles. The van der Waals surface area contributed by atoms with Gasteiger partial charge in [-0.15, -0.1) is 0 Å². The molecule has 3 amide bonds. The molecular weight excluding hydrogens is 222 g/mol. The van der Waals surface area contributed by atoms with E-state index in [4.69, 9.17) is 0 Å². The van der Waals surface area contributed by atoms with Crippen molar-refractivity contribution >= 4 is 11.9 Å². The molecule has 1 fully saturated rings. The van der Waals surface area contributed by atoms with Gasteiger partial charge in [-0.05, 0) is 38.8 Å². The minimum Gasteiger partial charge on any atom is -0.393 e. The fourth-order valence-corrected chi connectivity index (χ4v) is 2.03. The molecule has 1 saturated heterocycles. The predicted octanol–water partition coefficient (Wildman–Crippen LogP) is -0.465. The number of carbonyl (C=O) groups is 2. The van der Waals surface area contributed by atoms with Crippen LogP contribution in [-0.4, -0.2) is 54.7 Å². The lowest BCUT2D eigenvalue weighted by Gasteiger charge is -2.32. The molecule has 0 aliphatic carbocycles. The number of aliphatic hydroxyl groups excluding tert-OH is 1. The van der Waals surface area contributed by atoms with Crippen molar-refractivity contribution in [2.24, 2.45) is 5.92 Å². The molecule has 1 aliphatic rings. The van der Waals surface area contributed by atoms with Crippen LogP contribution in [0.5, 0.6) is 0 Å². The second-order valence-electron chi connectivity index (χ2n) is 4.48. The van der Waals surface area contributed by atoms with Gasteiger partial charge in [0.25, 0.3) is 0 Å². The Morgan fingerprint density at radius 1 is 1.41 bits per heavy atom. The van der Waals surface area contributed by atoms with Crippen LogP contribution in [0.4, 0.5) is 4.79 Å². The van der Waals surface area contributed by atoms with Crippen molar-refractivity contribution < 1.29 is 14.7 Å². The van der Waals surface area contributed by atoms with Crippen molar-refractivity contribution in [3.8, 4) is 0 Å².